The number of thiophene rings is 1. The van der Waals surface area contributed by atoms with E-state index in [-0.39, 0.29) is 17.8 Å². The van der Waals surface area contributed by atoms with Crippen LogP contribution in [0.25, 0.3) is 0 Å². The second kappa shape index (κ2) is 9.87. The summed E-state index contributed by atoms with van der Waals surface area (Å²) in [4.78, 5) is 27.0. The molecular formula is C23H29NO3S. The quantitative estimate of drug-likeness (QED) is 0.632. The van der Waals surface area contributed by atoms with Gasteiger partial charge in [-0.25, -0.2) is 4.79 Å². The van der Waals surface area contributed by atoms with Gasteiger partial charge in [-0.1, -0.05) is 50.1 Å². The second-order valence-electron chi connectivity index (χ2n) is 7.20. The van der Waals surface area contributed by atoms with Gasteiger partial charge in [0.05, 0.1) is 18.1 Å². The number of carbonyl (C=O) groups is 2. The summed E-state index contributed by atoms with van der Waals surface area (Å²) >= 11 is 1.56. The van der Waals surface area contributed by atoms with E-state index in [2.05, 4.69) is 5.32 Å². The molecule has 150 valence electrons. The lowest BCUT2D eigenvalue weighted by atomic mass is 9.95. The highest BCUT2D eigenvalue weighted by Gasteiger charge is 2.28. The Bertz CT molecular complexity index is 813. The average Bonchev–Trinajstić information content (AvgIpc) is 2.99. The number of ether oxygens (including phenoxy) is 1. The largest absolute Gasteiger partial charge is 0.462 e. The van der Waals surface area contributed by atoms with Crippen molar-refractivity contribution in [3.8, 4) is 0 Å². The summed E-state index contributed by atoms with van der Waals surface area (Å²) < 4.78 is 5.33. The lowest BCUT2D eigenvalue weighted by Crippen LogP contribution is -2.21. The van der Waals surface area contributed by atoms with E-state index in [9.17, 15) is 9.59 Å². The Morgan fingerprint density at radius 3 is 2.46 bits per heavy atom. The molecule has 1 aromatic heterocycles. The van der Waals surface area contributed by atoms with E-state index >= 15 is 0 Å². The van der Waals surface area contributed by atoms with Crippen LogP contribution in [0.1, 0.15) is 78.2 Å². The van der Waals surface area contributed by atoms with E-state index in [4.69, 9.17) is 4.74 Å². The maximum absolute atomic E-state index is 13.1. The van der Waals surface area contributed by atoms with Gasteiger partial charge < -0.3 is 10.1 Å². The number of fused-ring (bicyclic) bond motifs is 1. The van der Waals surface area contributed by atoms with Crippen LogP contribution in [0.5, 0.6) is 0 Å². The zero-order chi connectivity index (χ0) is 19.9. The minimum Gasteiger partial charge on any atom is -0.462 e. The van der Waals surface area contributed by atoms with Gasteiger partial charge in [0.1, 0.15) is 5.00 Å². The highest BCUT2D eigenvalue weighted by molar-refractivity contribution is 7.17. The van der Waals surface area contributed by atoms with E-state index in [0.29, 0.717) is 23.6 Å². The molecule has 1 aromatic carbocycles. The summed E-state index contributed by atoms with van der Waals surface area (Å²) in [6.07, 6.45) is 7.17. The monoisotopic (exact) mass is 399 g/mol. The zero-order valence-corrected chi connectivity index (χ0v) is 17.6. The maximum atomic E-state index is 13.1. The Morgan fingerprint density at radius 1 is 1.07 bits per heavy atom. The average molecular weight is 400 g/mol. The first-order valence-electron chi connectivity index (χ1n) is 10.3. The molecule has 0 radical (unpaired) electrons. The summed E-state index contributed by atoms with van der Waals surface area (Å²) in [5.41, 5.74) is 2.67. The Labute approximate surface area is 171 Å². The molecule has 1 N–H and O–H groups in total. The van der Waals surface area contributed by atoms with Gasteiger partial charge >= 0.3 is 5.97 Å². The van der Waals surface area contributed by atoms with Crippen molar-refractivity contribution < 1.29 is 14.3 Å². The SMILES string of the molecule is CCOC(=O)c1c(NC(=O)C(CC)c2ccccc2)sc2c1CCCCCC2. The van der Waals surface area contributed by atoms with Gasteiger partial charge in [0.25, 0.3) is 0 Å². The van der Waals surface area contributed by atoms with Crippen LogP contribution < -0.4 is 5.32 Å². The van der Waals surface area contributed by atoms with Crippen LogP contribution in [0.15, 0.2) is 30.3 Å². The molecule has 0 saturated carbocycles. The maximum Gasteiger partial charge on any atom is 0.341 e. The Hall–Kier alpha value is -2.14. The molecule has 0 bridgehead atoms. The summed E-state index contributed by atoms with van der Waals surface area (Å²) in [7, 11) is 0. The van der Waals surface area contributed by atoms with Crippen LogP contribution in [-0.2, 0) is 22.4 Å². The molecule has 2 aromatic rings. The highest BCUT2D eigenvalue weighted by atomic mass is 32.1. The van der Waals surface area contributed by atoms with E-state index in [1.54, 1.807) is 11.3 Å². The number of nitrogens with one attached hydrogen (secondary N) is 1. The van der Waals surface area contributed by atoms with E-state index in [1.807, 2.05) is 44.2 Å². The van der Waals surface area contributed by atoms with Crippen LogP contribution in [0.4, 0.5) is 5.00 Å². The molecule has 4 nitrogen and oxygen atoms in total. The lowest BCUT2D eigenvalue weighted by Gasteiger charge is -2.15. The van der Waals surface area contributed by atoms with Crippen LogP contribution >= 0.6 is 11.3 Å². The van der Waals surface area contributed by atoms with Crippen LogP contribution in [-0.4, -0.2) is 18.5 Å². The molecule has 1 aliphatic carbocycles. The molecule has 1 aliphatic rings. The molecule has 5 heteroatoms. The van der Waals surface area contributed by atoms with Crippen LogP contribution in [0, 0.1) is 0 Å². The Balaban J connectivity index is 1.92. The molecule has 0 aliphatic heterocycles. The molecule has 0 saturated heterocycles. The van der Waals surface area contributed by atoms with E-state index in [1.165, 1.54) is 17.7 Å². The summed E-state index contributed by atoms with van der Waals surface area (Å²) in [5.74, 6) is -0.613. The molecule has 1 heterocycles. The molecule has 3 rings (SSSR count). The number of hydrogen-bond donors (Lipinski definition) is 1. The molecule has 1 atom stereocenters. The molecule has 0 fully saturated rings. The third-order valence-electron chi connectivity index (χ3n) is 5.31. The lowest BCUT2D eigenvalue weighted by molar-refractivity contribution is -0.117. The van der Waals surface area contributed by atoms with Crippen molar-refractivity contribution >= 4 is 28.2 Å². The van der Waals surface area contributed by atoms with Crippen molar-refractivity contribution in [2.45, 2.75) is 64.7 Å². The van der Waals surface area contributed by atoms with Crippen LogP contribution in [0.2, 0.25) is 0 Å². The predicted octanol–water partition coefficient (Wildman–Crippen LogP) is 5.72. The molecule has 1 amide bonds. The number of benzene rings is 1. The number of anilines is 1. The van der Waals surface area contributed by atoms with Gasteiger partial charge in [0, 0.05) is 4.88 Å². The third kappa shape index (κ3) is 4.64. The van der Waals surface area contributed by atoms with E-state index < -0.39 is 0 Å². The van der Waals surface area contributed by atoms with Gasteiger partial charge in [-0.15, -0.1) is 11.3 Å². The number of aryl methyl sites for hydroxylation is 1. The molecule has 1 unspecified atom stereocenters. The van der Waals surface area contributed by atoms with Gasteiger partial charge in [-0.3, -0.25) is 4.79 Å². The minimum atomic E-state index is -0.316. The number of esters is 1. The molecule has 0 spiro atoms. The van der Waals surface area contributed by atoms with E-state index in [0.717, 1.165) is 36.8 Å². The highest BCUT2D eigenvalue weighted by Crippen LogP contribution is 2.38. The minimum absolute atomic E-state index is 0.0616. The summed E-state index contributed by atoms with van der Waals surface area (Å²) in [6.45, 7) is 4.16. The first-order chi connectivity index (χ1) is 13.7. The number of rotatable bonds is 6. The number of amides is 1. The van der Waals surface area contributed by atoms with Crippen molar-refractivity contribution in [1.82, 2.24) is 0 Å². The first kappa shape index (κ1) is 20.6. The van der Waals surface area contributed by atoms with Crippen molar-refractivity contribution in [2.24, 2.45) is 0 Å². The first-order valence-corrected chi connectivity index (χ1v) is 11.1. The smallest absolute Gasteiger partial charge is 0.341 e. The number of hydrogen-bond acceptors (Lipinski definition) is 4. The second-order valence-corrected chi connectivity index (χ2v) is 8.31. The zero-order valence-electron chi connectivity index (χ0n) is 16.8. The van der Waals surface area contributed by atoms with Gasteiger partial charge in [-0.2, -0.15) is 0 Å². The van der Waals surface area contributed by atoms with Crippen molar-refractivity contribution in [3.63, 3.8) is 0 Å². The fourth-order valence-electron chi connectivity index (χ4n) is 3.88. The van der Waals surface area contributed by atoms with Gasteiger partial charge in [-0.05, 0) is 50.2 Å². The fourth-order valence-corrected chi connectivity index (χ4v) is 5.16. The standard InChI is InChI=1S/C23H29NO3S/c1-3-17(16-12-8-7-9-13-16)21(25)24-22-20(23(26)27-4-2)18-14-10-5-6-11-15-19(18)28-22/h7-9,12-13,17H,3-6,10-11,14-15H2,1-2H3,(H,24,25). The Kier molecular flexibility index (Phi) is 7.26. The normalized spacial score (nSPS) is 15.1. The third-order valence-corrected chi connectivity index (χ3v) is 6.52. The molecule has 28 heavy (non-hydrogen) atoms. The topological polar surface area (TPSA) is 55.4 Å². The van der Waals surface area contributed by atoms with Gasteiger partial charge in [0.2, 0.25) is 5.91 Å². The Morgan fingerprint density at radius 2 is 1.79 bits per heavy atom. The summed E-state index contributed by atoms with van der Waals surface area (Å²) in [6, 6.07) is 9.81. The summed E-state index contributed by atoms with van der Waals surface area (Å²) in [5, 5.41) is 3.73. The van der Waals surface area contributed by atoms with Crippen LogP contribution in [0.3, 0.4) is 0 Å². The van der Waals surface area contributed by atoms with Crippen molar-refractivity contribution in [3.05, 3.63) is 51.9 Å². The van der Waals surface area contributed by atoms with Gasteiger partial charge in [0.15, 0.2) is 0 Å². The molecular weight excluding hydrogens is 370 g/mol. The fraction of sp³-hybridized carbons (Fsp3) is 0.478. The number of carbonyl (C=O) groups excluding carboxylic acids is 2. The predicted molar refractivity (Wildman–Crippen MR) is 114 cm³/mol. The van der Waals surface area contributed by atoms with Crippen molar-refractivity contribution in [1.29, 1.82) is 0 Å². The van der Waals surface area contributed by atoms with Crippen molar-refractivity contribution in [2.75, 3.05) is 11.9 Å².